The van der Waals surface area contributed by atoms with E-state index in [4.69, 9.17) is 0 Å². The number of nitrogens with zero attached hydrogens (tertiary/aromatic N) is 6. The van der Waals surface area contributed by atoms with Crippen molar-refractivity contribution in [3.63, 3.8) is 0 Å². The monoisotopic (exact) mass is 409 g/mol. The first-order chi connectivity index (χ1) is 14.6. The third kappa shape index (κ3) is 4.00. The van der Waals surface area contributed by atoms with E-state index in [9.17, 15) is 9.59 Å². The van der Waals surface area contributed by atoms with Crippen LogP contribution in [0.25, 0.3) is 0 Å². The Labute approximate surface area is 176 Å². The number of aliphatic imine (C=N–C) groups is 1. The summed E-state index contributed by atoms with van der Waals surface area (Å²) in [4.78, 5) is 35.5. The lowest BCUT2D eigenvalue weighted by Gasteiger charge is -2.35. The molecule has 30 heavy (non-hydrogen) atoms. The number of amides is 2. The van der Waals surface area contributed by atoms with Crippen LogP contribution in [0, 0.1) is 0 Å². The minimum Gasteiger partial charge on any atom is -0.356 e. The number of aryl methyl sites for hydroxylation is 1. The number of hydrogen-bond acceptors (Lipinski definition) is 4. The van der Waals surface area contributed by atoms with Crippen LogP contribution in [0.1, 0.15) is 12.5 Å². The summed E-state index contributed by atoms with van der Waals surface area (Å²) in [6.07, 6.45) is 4.40. The fourth-order valence-corrected chi connectivity index (χ4v) is 3.93. The number of fused-ring (bicyclic) bond motifs is 1. The summed E-state index contributed by atoms with van der Waals surface area (Å²) in [6, 6.07) is 7.98. The summed E-state index contributed by atoms with van der Waals surface area (Å²) in [5.74, 6) is 0.549. The van der Waals surface area contributed by atoms with Crippen molar-refractivity contribution in [3.05, 3.63) is 42.2 Å². The Kier molecular flexibility index (Phi) is 5.69. The highest BCUT2D eigenvalue weighted by Crippen LogP contribution is 2.27. The molecule has 1 aromatic carbocycles. The lowest BCUT2D eigenvalue weighted by atomic mass is 10.2. The molecule has 2 amide bonds. The molecule has 0 radical (unpaired) electrons. The van der Waals surface area contributed by atoms with Gasteiger partial charge in [0, 0.05) is 45.1 Å². The Balaban J connectivity index is 1.42. The van der Waals surface area contributed by atoms with Crippen LogP contribution in [0.3, 0.4) is 0 Å². The Morgan fingerprint density at radius 1 is 1.23 bits per heavy atom. The Morgan fingerprint density at radius 2 is 2.07 bits per heavy atom. The van der Waals surface area contributed by atoms with Gasteiger partial charge in [-0.25, -0.2) is 4.99 Å². The molecule has 4 rings (SSSR count). The molecule has 1 saturated heterocycles. The molecule has 1 aromatic heterocycles. The molecule has 0 aliphatic carbocycles. The second kappa shape index (κ2) is 8.56. The summed E-state index contributed by atoms with van der Waals surface area (Å²) in [7, 11) is 1.83. The summed E-state index contributed by atoms with van der Waals surface area (Å²) in [6.45, 7) is 4.76. The molecule has 0 spiro atoms. The fourth-order valence-electron chi connectivity index (χ4n) is 3.93. The lowest BCUT2D eigenvalue weighted by Crippen LogP contribution is -2.55. The minimum atomic E-state index is -0.0318. The molecule has 3 heterocycles. The van der Waals surface area contributed by atoms with Crippen molar-refractivity contribution in [2.24, 2.45) is 12.0 Å². The van der Waals surface area contributed by atoms with Gasteiger partial charge in [-0.15, -0.1) is 0 Å². The number of rotatable bonds is 4. The van der Waals surface area contributed by atoms with Gasteiger partial charge in [0.25, 0.3) is 0 Å². The van der Waals surface area contributed by atoms with E-state index in [0.717, 1.165) is 17.8 Å². The van der Waals surface area contributed by atoms with Crippen molar-refractivity contribution in [2.75, 3.05) is 49.1 Å². The number of hydrogen-bond donors (Lipinski definition) is 1. The standard InChI is InChI=1S/C21H27N7O2/c1-3-22-21(23-13-19(29)28-9-8-16-6-4-5-7-18(16)28)26-10-11-27(20(30)15-26)17-12-24-25(2)14-17/h4-7,12,14H,3,8-11,13,15H2,1-2H3,(H,22,23). The van der Waals surface area contributed by atoms with E-state index in [1.165, 1.54) is 5.56 Å². The third-order valence-electron chi connectivity index (χ3n) is 5.41. The molecular formula is C21H27N7O2. The van der Waals surface area contributed by atoms with E-state index >= 15 is 0 Å². The zero-order chi connectivity index (χ0) is 21.1. The van der Waals surface area contributed by atoms with Gasteiger partial charge in [-0.3, -0.25) is 14.3 Å². The van der Waals surface area contributed by atoms with E-state index in [-0.39, 0.29) is 24.9 Å². The Morgan fingerprint density at radius 3 is 2.80 bits per heavy atom. The van der Waals surface area contributed by atoms with Gasteiger partial charge in [0.1, 0.15) is 13.1 Å². The maximum Gasteiger partial charge on any atom is 0.248 e. The number of benzene rings is 1. The predicted molar refractivity (Wildman–Crippen MR) is 116 cm³/mol. The van der Waals surface area contributed by atoms with Crippen LogP contribution in [0.2, 0.25) is 0 Å². The highest BCUT2D eigenvalue weighted by Gasteiger charge is 2.28. The van der Waals surface area contributed by atoms with Crippen LogP contribution in [-0.2, 0) is 23.1 Å². The predicted octanol–water partition coefficient (Wildman–Crippen LogP) is 0.624. The number of carbonyl (C=O) groups is 2. The number of guanidine groups is 1. The Hall–Kier alpha value is -3.36. The zero-order valence-corrected chi connectivity index (χ0v) is 17.4. The molecule has 2 aromatic rings. The maximum absolute atomic E-state index is 12.8. The van der Waals surface area contributed by atoms with Gasteiger partial charge in [0.2, 0.25) is 11.8 Å². The smallest absolute Gasteiger partial charge is 0.248 e. The second-order valence-electron chi connectivity index (χ2n) is 7.43. The van der Waals surface area contributed by atoms with Gasteiger partial charge >= 0.3 is 0 Å². The fraction of sp³-hybridized carbons (Fsp3) is 0.429. The van der Waals surface area contributed by atoms with Crippen molar-refractivity contribution < 1.29 is 9.59 Å². The second-order valence-corrected chi connectivity index (χ2v) is 7.43. The highest BCUT2D eigenvalue weighted by molar-refractivity contribution is 6.00. The average Bonchev–Trinajstić information content (AvgIpc) is 3.37. The van der Waals surface area contributed by atoms with Gasteiger partial charge in [0.05, 0.1) is 11.9 Å². The van der Waals surface area contributed by atoms with Gasteiger partial charge < -0.3 is 20.0 Å². The first kappa shape index (κ1) is 19.9. The first-order valence-corrected chi connectivity index (χ1v) is 10.3. The van der Waals surface area contributed by atoms with E-state index in [1.54, 1.807) is 20.7 Å². The summed E-state index contributed by atoms with van der Waals surface area (Å²) in [5, 5.41) is 7.36. The first-order valence-electron chi connectivity index (χ1n) is 10.3. The quantitative estimate of drug-likeness (QED) is 0.591. The molecule has 2 aliphatic heterocycles. The molecule has 0 unspecified atom stereocenters. The molecule has 0 atom stereocenters. The summed E-state index contributed by atoms with van der Waals surface area (Å²) in [5.41, 5.74) is 2.97. The molecule has 2 aliphatic rings. The van der Waals surface area contributed by atoms with E-state index in [2.05, 4.69) is 21.5 Å². The van der Waals surface area contributed by atoms with Gasteiger partial charge in [-0.05, 0) is 25.0 Å². The average molecular weight is 409 g/mol. The van der Waals surface area contributed by atoms with Crippen molar-refractivity contribution in [3.8, 4) is 0 Å². The topological polar surface area (TPSA) is 86.1 Å². The highest BCUT2D eigenvalue weighted by atomic mass is 16.2. The van der Waals surface area contributed by atoms with Crippen LogP contribution in [0.4, 0.5) is 11.4 Å². The summed E-state index contributed by atoms with van der Waals surface area (Å²) >= 11 is 0. The van der Waals surface area contributed by atoms with Gasteiger partial charge in [-0.2, -0.15) is 5.10 Å². The molecule has 1 N–H and O–H groups in total. The lowest BCUT2D eigenvalue weighted by molar-refractivity contribution is -0.120. The van der Waals surface area contributed by atoms with E-state index in [1.807, 2.05) is 43.3 Å². The molecule has 0 bridgehead atoms. The normalized spacial score (nSPS) is 16.8. The van der Waals surface area contributed by atoms with E-state index < -0.39 is 0 Å². The van der Waals surface area contributed by atoms with E-state index in [0.29, 0.717) is 32.1 Å². The van der Waals surface area contributed by atoms with Gasteiger partial charge in [-0.1, -0.05) is 18.2 Å². The van der Waals surface area contributed by atoms with Crippen LogP contribution < -0.4 is 15.1 Å². The molecule has 9 heteroatoms. The van der Waals surface area contributed by atoms with Crippen molar-refractivity contribution in [2.45, 2.75) is 13.3 Å². The zero-order valence-electron chi connectivity index (χ0n) is 17.4. The number of aromatic nitrogens is 2. The number of carbonyl (C=O) groups excluding carboxylic acids is 2. The number of nitrogens with one attached hydrogen (secondary N) is 1. The van der Waals surface area contributed by atoms with Crippen LogP contribution >= 0.6 is 0 Å². The molecule has 9 nitrogen and oxygen atoms in total. The number of anilines is 2. The van der Waals surface area contributed by atoms with Crippen LogP contribution in [0.15, 0.2) is 41.7 Å². The van der Waals surface area contributed by atoms with Crippen LogP contribution in [-0.4, -0.2) is 71.7 Å². The van der Waals surface area contributed by atoms with Crippen molar-refractivity contribution >= 4 is 29.1 Å². The number of piperazine rings is 1. The van der Waals surface area contributed by atoms with Crippen LogP contribution in [0.5, 0.6) is 0 Å². The minimum absolute atomic E-state index is 0.0142. The Bertz CT molecular complexity index is 968. The van der Waals surface area contributed by atoms with Crippen molar-refractivity contribution in [1.29, 1.82) is 0 Å². The maximum atomic E-state index is 12.8. The van der Waals surface area contributed by atoms with Crippen molar-refractivity contribution in [1.82, 2.24) is 20.0 Å². The molecule has 158 valence electrons. The summed E-state index contributed by atoms with van der Waals surface area (Å²) < 4.78 is 1.68. The largest absolute Gasteiger partial charge is 0.356 e. The molecular weight excluding hydrogens is 382 g/mol. The third-order valence-corrected chi connectivity index (χ3v) is 5.41. The van der Waals surface area contributed by atoms with Gasteiger partial charge in [0.15, 0.2) is 5.96 Å². The molecule has 0 saturated carbocycles. The SMILES string of the molecule is CCNC(=NCC(=O)N1CCc2ccccc21)N1CCN(c2cnn(C)c2)C(=O)C1. The molecule has 1 fully saturated rings. The number of para-hydroxylation sites is 1.